The molecule has 1 saturated heterocycles. The molecule has 2 aromatic rings. The van der Waals surface area contributed by atoms with E-state index in [-0.39, 0.29) is 18.0 Å². The molecule has 1 heterocycles. The van der Waals surface area contributed by atoms with Crippen LogP contribution in [0.25, 0.3) is 11.1 Å². The van der Waals surface area contributed by atoms with Gasteiger partial charge in [0.25, 0.3) is 5.91 Å². The zero-order chi connectivity index (χ0) is 19.6. The lowest BCUT2D eigenvalue weighted by molar-refractivity contribution is -0.134. The SMILES string of the molecule is CN1CCN(S(=O)(=O)c2ccc(-c3ccc(Cl)cc3)cc2)[C@@H](C(=O)NO)C1. The maximum atomic E-state index is 13.0. The van der Waals surface area contributed by atoms with Gasteiger partial charge in [0.2, 0.25) is 10.0 Å². The maximum Gasteiger partial charge on any atom is 0.263 e. The van der Waals surface area contributed by atoms with Gasteiger partial charge in [-0.05, 0) is 42.4 Å². The van der Waals surface area contributed by atoms with E-state index in [0.717, 1.165) is 15.4 Å². The largest absolute Gasteiger partial charge is 0.303 e. The molecule has 1 aliphatic heterocycles. The lowest BCUT2D eigenvalue weighted by atomic mass is 10.1. The van der Waals surface area contributed by atoms with Crippen LogP contribution in [-0.4, -0.2) is 61.5 Å². The number of nitrogens with one attached hydrogen (secondary N) is 1. The Hall–Kier alpha value is -1.97. The number of nitrogens with zero attached hydrogens (tertiary/aromatic N) is 2. The topological polar surface area (TPSA) is 90.0 Å². The molecule has 144 valence electrons. The first-order chi connectivity index (χ1) is 12.8. The number of sulfonamides is 1. The summed E-state index contributed by atoms with van der Waals surface area (Å²) < 4.78 is 27.2. The third-order valence-corrected chi connectivity index (χ3v) is 6.76. The molecular formula is C18H20ClN3O4S. The number of carbonyl (C=O) groups excluding carboxylic acids is 1. The minimum absolute atomic E-state index is 0.0977. The fourth-order valence-electron chi connectivity index (χ4n) is 3.08. The van der Waals surface area contributed by atoms with Crippen molar-refractivity contribution in [1.82, 2.24) is 14.7 Å². The monoisotopic (exact) mass is 409 g/mol. The normalized spacial score (nSPS) is 19.0. The fourth-order valence-corrected chi connectivity index (χ4v) is 4.77. The van der Waals surface area contributed by atoms with E-state index < -0.39 is 22.0 Å². The van der Waals surface area contributed by atoms with Crippen LogP contribution in [0.1, 0.15) is 0 Å². The van der Waals surface area contributed by atoms with Crippen LogP contribution in [-0.2, 0) is 14.8 Å². The molecule has 3 rings (SSSR count). The molecule has 1 fully saturated rings. The summed E-state index contributed by atoms with van der Waals surface area (Å²) in [5.41, 5.74) is 3.33. The van der Waals surface area contributed by atoms with Gasteiger partial charge in [-0.1, -0.05) is 35.9 Å². The molecule has 1 aliphatic rings. The van der Waals surface area contributed by atoms with Crippen molar-refractivity contribution >= 4 is 27.5 Å². The molecule has 1 atom stereocenters. The van der Waals surface area contributed by atoms with Crippen LogP contribution in [0.5, 0.6) is 0 Å². The van der Waals surface area contributed by atoms with Gasteiger partial charge in [0.1, 0.15) is 6.04 Å². The van der Waals surface area contributed by atoms with Crippen LogP contribution in [0.15, 0.2) is 53.4 Å². The van der Waals surface area contributed by atoms with Crippen molar-refractivity contribution in [2.24, 2.45) is 0 Å². The third-order valence-electron chi connectivity index (χ3n) is 4.59. The van der Waals surface area contributed by atoms with E-state index >= 15 is 0 Å². The number of hydroxylamine groups is 1. The van der Waals surface area contributed by atoms with E-state index in [9.17, 15) is 13.2 Å². The Kier molecular flexibility index (Phi) is 5.83. The first-order valence-electron chi connectivity index (χ1n) is 8.33. The van der Waals surface area contributed by atoms with Gasteiger partial charge in [-0.25, -0.2) is 13.9 Å². The molecule has 0 aliphatic carbocycles. The molecular weight excluding hydrogens is 390 g/mol. The average molecular weight is 410 g/mol. The van der Waals surface area contributed by atoms with Crippen LogP contribution >= 0.6 is 11.6 Å². The second-order valence-corrected chi connectivity index (χ2v) is 8.73. The number of halogens is 1. The third kappa shape index (κ3) is 4.15. The Morgan fingerprint density at radius 1 is 1.07 bits per heavy atom. The number of carbonyl (C=O) groups is 1. The van der Waals surface area contributed by atoms with Crippen molar-refractivity contribution in [2.75, 3.05) is 26.7 Å². The first-order valence-corrected chi connectivity index (χ1v) is 10.1. The zero-order valence-electron chi connectivity index (χ0n) is 14.7. The summed E-state index contributed by atoms with van der Waals surface area (Å²) >= 11 is 5.89. The molecule has 0 saturated carbocycles. The van der Waals surface area contributed by atoms with Crippen molar-refractivity contribution in [3.8, 4) is 11.1 Å². The standard InChI is InChI=1S/C18H20ClN3O4S/c1-21-10-11-22(17(12-21)18(23)20-24)27(25,26)16-8-4-14(5-9-16)13-2-6-15(19)7-3-13/h2-9,17,24H,10-12H2,1H3,(H,20,23)/t17-/m1/s1. The number of hydrogen-bond acceptors (Lipinski definition) is 5. The number of piperazine rings is 1. The van der Waals surface area contributed by atoms with Gasteiger partial charge in [-0.15, -0.1) is 0 Å². The highest BCUT2D eigenvalue weighted by molar-refractivity contribution is 7.89. The summed E-state index contributed by atoms with van der Waals surface area (Å²) in [6.07, 6.45) is 0. The molecule has 0 radical (unpaired) electrons. The molecule has 9 heteroatoms. The summed E-state index contributed by atoms with van der Waals surface area (Å²) in [5.74, 6) is -0.747. The number of benzene rings is 2. The van der Waals surface area contributed by atoms with Gasteiger partial charge in [0, 0.05) is 24.7 Å². The van der Waals surface area contributed by atoms with Gasteiger partial charge in [-0.3, -0.25) is 10.0 Å². The van der Waals surface area contributed by atoms with Gasteiger partial charge in [0.05, 0.1) is 4.90 Å². The Labute approximate surface area is 163 Å². The molecule has 0 bridgehead atoms. The van der Waals surface area contributed by atoms with Crippen molar-refractivity contribution in [1.29, 1.82) is 0 Å². The molecule has 27 heavy (non-hydrogen) atoms. The van der Waals surface area contributed by atoms with E-state index in [1.54, 1.807) is 36.8 Å². The number of amides is 1. The Balaban J connectivity index is 1.89. The average Bonchev–Trinajstić information content (AvgIpc) is 2.67. The second-order valence-electron chi connectivity index (χ2n) is 6.40. The van der Waals surface area contributed by atoms with Crippen LogP contribution in [0.2, 0.25) is 5.02 Å². The minimum Gasteiger partial charge on any atom is -0.303 e. The van der Waals surface area contributed by atoms with E-state index in [1.807, 2.05) is 17.0 Å². The van der Waals surface area contributed by atoms with E-state index in [4.69, 9.17) is 16.8 Å². The predicted octanol–water partition coefficient (Wildman–Crippen LogP) is 1.82. The summed E-state index contributed by atoms with van der Waals surface area (Å²) in [6, 6.07) is 12.7. The lowest BCUT2D eigenvalue weighted by Crippen LogP contribution is -2.59. The highest BCUT2D eigenvalue weighted by atomic mass is 35.5. The Morgan fingerprint density at radius 3 is 2.19 bits per heavy atom. The van der Waals surface area contributed by atoms with E-state index in [1.165, 1.54) is 12.1 Å². The van der Waals surface area contributed by atoms with Crippen LogP contribution in [0, 0.1) is 0 Å². The Bertz CT molecular complexity index is 917. The van der Waals surface area contributed by atoms with Crippen molar-refractivity contribution in [2.45, 2.75) is 10.9 Å². The smallest absolute Gasteiger partial charge is 0.263 e. The van der Waals surface area contributed by atoms with E-state index in [2.05, 4.69) is 0 Å². The first kappa shape index (κ1) is 19.8. The number of likely N-dealkylation sites (N-methyl/N-ethyl adjacent to an activating group) is 1. The molecule has 0 unspecified atom stereocenters. The minimum atomic E-state index is -3.88. The lowest BCUT2D eigenvalue weighted by Gasteiger charge is -2.37. The van der Waals surface area contributed by atoms with Gasteiger partial charge >= 0.3 is 0 Å². The second kappa shape index (κ2) is 7.95. The molecule has 0 aromatic heterocycles. The number of hydrogen-bond donors (Lipinski definition) is 2. The van der Waals surface area contributed by atoms with E-state index in [0.29, 0.717) is 11.6 Å². The van der Waals surface area contributed by atoms with Gasteiger partial charge in [-0.2, -0.15) is 4.31 Å². The predicted molar refractivity (Wildman–Crippen MR) is 102 cm³/mol. The molecule has 0 spiro atoms. The molecule has 7 nitrogen and oxygen atoms in total. The summed E-state index contributed by atoms with van der Waals surface area (Å²) in [4.78, 5) is 13.9. The van der Waals surface area contributed by atoms with Crippen molar-refractivity contribution in [3.05, 3.63) is 53.6 Å². The molecule has 2 N–H and O–H groups in total. The van der Waals surface area contributed by atoms with Gasteiger partial charge < -0.3 is 4.90 Å². The molecule has 1 amide bonds. The number of rotatable bonds is 4. The van der Waals surface area contributed by atoms with Crippen LogP contribution in [0.3, 0.4) is 0 Å². The zero-order valence-corrected chi connectivity index (χ0v) is 16.2. The van der Waals surface area contributed by atoms with Crippen molar-refractivity contribution in [3.63, 3.8) is 0 Å². The quantitative estimate of drug-likeness (QED) is 0.593. The molecule has 2 aromatic carbocycles. The maximum absolute atomic E-state index is 13.0. The summed E-state index contributed by atoms with van der Waals surface area (Å²) in [6.45, 7) is 0.863. The van der Waals surface area contributed by atoms with Crippen LogP contribution in [0.4, 0.5) is 0 Å². The summed E-state index contributed by atoms with van der Waals surface area (Å²) in [5, 5.41) is 9.59. The Morgan fingerprint density at radius 2 is 1.63 bits per heavy atom. The van der Waals surface area contributed by atoms with Gasteiger partial charge in [0.15, 0.2) is 0 Å². The highest BCUT2D eigenvalue weighted by Gasteiger charge is 2.39. The van der Waals surface area contributed by atoms with Crippen LogP contribution < -0.4 is 5.48 Å². The highest BCUT2D eigenvalue weighted by Crippen LogP contribution is 2.26. The van der Waals surface area contributed by atoms with Crippen molar-refractivity contribution < 1.29 is 18.4 Å². The summed E-state index contributed by atoms with van der Waals surface area (Å²) in [7, 11) is -2.09. The fraction of sp³-hybridized carbons (Fsp3) is 0.278.